The maximum atomic E-state index is 10.1. The molecule has 1 aliphatic rings. The van der Waals surface area contributed by atoms with E-state index in [1.54, 1.807) is 0 Å². The van der Waals surface area contributed by atoms with E-state index >= 15 is 0 Å². The van der Waals surface area contributed by atoms with Crippen LogP contribution in [0.1, 0.15) is 51.9 Å². The van der Waals surface area contributed by atoms with Gasteiger partial charge < -0.3 is 5.11 Å². The molecule has 13 heavy (non-hydrogen) atoms. The molecule has 0 aromatic carbocycles. The Morgan fingerprint density at radius 1 is 1.38 bits per heavy atom. The maximum Gasteiger partial charge on any atom is 0.0656 e. The van der Waals surface area contributed by atoms with Gasteiger partial charge in [0.25, 0.3) is 0 Å². The molecule has 0 aliphatic heterocycles. The van der Waals surface area contributed by atoms with Crippen LogP contribution < -0.4 is 0 Å². The Hall–Kier alpha value is 0.440. The molecule has 1 rings (SSSR count). The average molecular weight is 249 g/mol. The summed E-state index contributed by atoms with van der Waals surface area (Å²) in [4.78, 5) is 0. The van der Waals surface area contributed by atoms with Crippen LogP contribution in [0.5, 0.6) is 0 Å². The summed E-state index contributed by atoms with van der Waals surface area (Å²) in [6.07, 6.45) is 8.07. The minimum atomic E-state index is -0.340. The van der Waals surface area contributed by atoms with E-state index in [1.807, 2.05) is 0 Å². The molecule has 1 saturated carbocycles. The minimum absolute atomic E-state index is 0.340. The quantitative estimate of drug-likeness (QED) is 0.756. The molecule has 2 heteroatoms. The van der Waals surface area contributed by atoms with Crippen molar-refractivity contribution in [3.05, 3.63) is 0 Å². The van der Waals surface area contributed by atoms with Gasteiger partial charge >= 0.3 is 0 Å². The molecule has 1 N–H and O–H groups in total. The first-order valence-corrected chi connectivity index (χ1v) is 6.60. The van der Waals surface area contributed by atoms with E-state index in [0.29, 0.717) is 0 Å². The Morgan fingerprint density at radius 3 is 2.46 bits per heavy atom. The number of aliphatic hydroxyl groups is 1. The van der Waals surface area contributed by atoms with Crippen LogP contribution in [0.4, 0.5) is 0 Å². The summed E-state index contributed by atoms with van der Waals surface area (Å²) in [6.45, 7) is 2.25. The van der Waals surface area contributed by atoms with Gasteiger partial charge in [-0.15, -0.1) is 0 Å². The largest absolute Gasteiger partial charge is 0.390 e. The van der Waals surface area contributed by atoms with Crippen molar-refractivity contribution in [2.24, 2.45) is 5.92 Å². The second kappa shape index (κ2) is 5.35. The lowest BCUT2D eigenvalue weighted by Gasteiger charge is -2.35. The molecule has 0 unspecified atom stereocenters. The third kappa shape index (κ3) is 3.59. The normalized spacial score (nSPS) is 34.8. The second-order valence-electron chi connectivity index (χ2n) is 4.40. The standard InChI is InChI=1S/C11H21BrO/c1-2-3-10-4-6-11(13,7-5-10)8-9-12/h10,13H,2-9H2,1H3. The van der Waals surface area contributed by atoms with E-state index in [4.69, 9.17) is 0 Å². The van der Waals surface area contributed by atoms with Crippen LogP contribution in [-0.4, -0.2) is 16.0 Å². The van der Waals surface area contributed by atoms with Gasteiger partial charge in [0.1, 0.15) is 0 Å². The highest BCUT2D eigenvalue weighted by Crippen LogP contribution is 2.36. The van der Waals surface area contributed by atoms with Crippen molar-refractivity contribution in [1.29, 1.82) is 0 Å². The van der Waals surface area contributed by atoms with Crippen molar-refractivity contribution < 1.29 is 5.11 Å². The van der Waals surface area contributed by atoms with Crippen LogP contribution in [0, 0.1) is 5.92 Å². The number of hydrogen-bond donors (Lipinski definition) is 1. The summed E-state index contributed by atoms with van der Waals surface area (Å²) in [6, 6.07) is 0. The molecular weight excluding hydrogens is 228 g/mol. The van der Waals surface area contributed by atoms with Crippen LogP contribution in [-0.2, 0) is 0 Å². The van der Waals surface area contributed by atoms with Crippen molar-refractivity contribution in [3.8, 4) is 0 Å². The van der Waals surface area contributed by atoms with Gasteiger partial charge in [-0.05, 0) is 38.0 Å². The van der Waals surface area contributed by atoms with Crippen molar-refractivity contribution in [3.63, 3.8) is 0 Å². The fourth-order valence-corrected chi connectivity index (χ4v) is 3.08. The summed E-state index contributed by atoms with van der Waals surface area (Å²) >= 11 is 3.41. The van der Waals surface area contributed by atoms with Crippen LogP contribution in [0.25, 0.3) is 0 Å². The van der Waals surface area contributed by atoms with Gasteiger partial charge in [-0.3, -0.25) is 0 Å². The van der Waals surface area contributed by atoms with Crippen LogP contribution in [0.15, 0.2) is 0 Å². The molecule has 0 atom stereocenters. The number of hydrogen-bond acceptors (Lipinski definition) is 1. The zero-order valence-electron chi connectivity index (χ0n) is 8.56. The van der Waals surface area contributed by atoms with Gasteiger partial charge in [0, 0.05) is 5.33 Å². The smallest absolute Gasteiger partial charge is 0.0656 e. The summed E-state index contributed by atoms with van der Waals surface area (Å²) in [5.74, 6) is 0.889. The molecule has 0 spiro atoms. The molecule has 0 aromatic rings. The van der Waals surface area contributed by atoms with Gasteiger partial charge in [0.05, 0.1) is 5.60 Å². The Labute approximate surface area is 90.0 Å². The fraction of sp³-hybridized carbons (Fsp3) is 1.00. The maximum absolute atomic E-state index is 10.1. The molecule has 1 fully saturated rings. The lowest BCUT2D eigenvalue weighted by atomic mass is 9.76. The van der Waals surface area contributed by atoms with E-state index in [9.17, 15) is 5.11 Å². The SMILES string of the molecule is CCCC1CCC(O)(CCBr)CC1. The van der Waals surface area contributed by atoms with Crippen molar-refractivity contribution in [2.45, 2.75) is 57.5 Å². The van der Waals surface area contributed by atoms with Gasteiger partial charge in [-0.25, -0.2) is 0 Å². The zero-order chi connectivity index (χ0) is 9.73. The van der Waals surface area contributed by atoms with E-state index in [0.717, 1.165) is 30.5 Å². The molecule has 0 amide bonds. The van der Waals surface area contributed by atoms with Crippen LogP contribution in [0.3, 0.4) is 0 Å². The third-order valence-electron chi connectivity index (χ3n) is 3.29. The summed E-state index contributed by atoms with van der Waals surface area (Å²) in [5, 5.41) is 11.1. The Morgan fingerprint density at radius 2 is 2.00 bits per heavy atom. The molecular formula is C11H21BrO. The highest BCUT2D eigenvalue weighted by atomic mass is 79.9. The van der Waals surface area contributed by atoms with Gasteiger partial charge in [-0.2, -0.15) is 0 Å². The fourth-order valence-electron chi connectivity index (χ4n) is 2.34. The van der Waals surface area contributed by atoms with E-state index in [-0.39, 0.29) is 5.60 Å². The first-order valence-electron chi connectivity index (χ1n) is 5.48. The number of alkyl halides is 1. The molecule has 1 aliphatic carbocycles. The highest BCUT2D eigenvalue weighted by Gasteiger charge is 2.31. The first kappa shape index (κ1) is 11.5. The molecule has 0 saturated heterocycles. The minimum Gasteiger partial charge on any atom is -0.390 e. The van der Waals surface area contributed by atoms with E-state index in [1.165, 1.54) is 25.7 Å². The van der Waals surface area contributed by atoms with Crippen LogP contribution in [0.2, 0.25) is 0 Å². The van der Waals surface area contributed by atoms with Crippen LogP contribution >= 0.6 is 15.9 Å². The molecule has 0 heterocycles. The Bertz CT molecular complexity index is 139. The number of rotatable bonds is 4. The van der Waals surface area contributed by atoms with E-state index in [2.05, 4.69) is 22.9 Å². The van der Waals surface area contributed by atoms with E-state index < -0.39 is 0 Å². The monoisotopic (exact) mass is 248 g/mol. The zero-order valence-corrected chi connectivity index (χ0v) is 10.1. The molecule has 1 nitrogen and oxygen atoms in total. The van der Waals surface area contributed by atoms with Crippen molar-refractivity contribution in [1.82, 2.24) is 0 Å². The predicted octanol–water partition coefficient (Wildman–Crippen LogP) is 3.49. The lowest BCUT2D eigenvalue weighted by Crippen LogP contribution is -2.34. The second-order valence-corrected chi connectivity index (χ2v) is 5.19. The molecule has 0 bridgehead atoms. The molecule has 0 radical (unpaired) electrons. The summed E-state index contributed by atoms with van der Waals surface area (Å²) < 4.78 is 0. The topological polar surface area (TPSA) is 20.2 Å². The lowest BCUT2D eigenvalue weighted by molar-refractivity contribution is -0.0122. The van der Waals surface area contributed by atoms with Gasteiger partial charge in [0.2, 0.25) is 0 Å². The number of halogens is 1. The van der Waals surface area contributed by atoms with Crippen molar-refractivity contribution >= 4 is 15.9 Å². The predicted molar refractivity (Wildman–Crippen MR) is 60.2 cm³/mol. The Balaban J connectivity index is 2.28. The highest BCUT2D eigenvalue weighted by molar-refractivity contribution is 9.09. The summed E-state index contributed by atoms with van der Waals surface area (Å²) in [7, 11) is 0. The third-order valence-corrected chi connectivity index (χ3v) is 3.69. The molecule has 78 valence electrons. The Kier molecular flexibility index (Phi) is 4.74. The molecule has 0 aromatic heterocycles. The summed E-state index contributed by atoms with van der Waals surface area (Å²) in [5.41, 5.74) is -0.340. The average Bonchev–Trinajstić information content (AvgIpc) is 2.10. The van der Waals surface area contributed by atoms with Gasteiger partial charge in [0.15, 0.2) is 0 Å². The van der Waals surface area contributed by atoms with Gasteiger partial charge in [-0.1, -0.05) is 35.7 Å². The van der Waals surface area contributed by atoms with Crippen molar-refractivity contribution in [2.75, 3.05) is 5.33 Å². The first-order chi connectivity index (χ1) is 6.20.